The molecule has 2 saturated heterocycles. The fraction of sp³-hybridized carbons (Fsp3) is 0.292. The first-order valence-corrected chi connectivity index (χ1v) is 18.4. The first-order valence-electron chi connectivity index (χ1n) is 18.4. The minimum Gasteiger partial charge on any atom is -0.464 e. The van der Waals surface area contributed by atoms with Crippen LogP contribution >= 0.6 is 0 Å². The van der Waals surface area contributed by atoms with E-state index in [0.29, 0.717) is 57.3 Å². The zero-order chi connectivity index (χ0) is 40.3. The first-order chi connectivity index (χ1) is 27.2. The smallest absolute Gasteiger partial charge is 0.341 e. The van der Waals surface area contributed by atoms with Gasteiger partial charge in [-0.3, -0.25) is 0 Å². The van der Waals surface area contributed by atoms with Gasteiger partial charge in [-0.2, -0.15) is 0 Å². The van der Waals surface area contributed by atoms with Crippen LogP contribution in [0.3, 0.4) is 0 Å². The van der Waals surface area contributed by atoms with Gasteiger partial charge in [-0.15, -0.1) is 25.7 Å². The highest BCUT2D eigenvalue weighted by Crippen LogP contribution is 2.52. The topological polar surface area (TPSA) is 89.5 Å². The average Bonchev–Trinajstić information content (AvgIpc) is 3.85. The van der Waals surface area contributed by atoms with Gasteiger partial charge in [0, 0.05) is 44.5 Å². The summed E-state index contributed by atoms with van der Waals surface area (Å²) in [6.45, 7) is 7.71. The Labute approximate surface area is 329 Å². The van der Waals surface area contributed by atoms with Gasteiger partial charge in [0.1, 0.15) is 12.2 Å². The highest BCUT2D eigenvalue weighted by molar-refractivity contribution is 5.82. The van der Waals surface area contributed by atoms with E-state index in [4.69, 9.17) is 54.1 Å². The molecule has 0 spiro atoms. The molecule has 0 N–H and O–H groups in total. The molecule has 6 rings (SSSR count). The van der Waals surface area contributed by atoms with Gasteiger partial charge in [0.05, 0.1) is 13.2 Å². The van der Waals surface area contributed by atoms with Crippen LogP contribution in [0, 0.1) is 49.4 Å². The maximum absolute atomic E-state index is 13.0. The molecular formula is C48H44O8. The second-order valence-electron chi connectivity index (χ2n) is 12.8. The second-order valence-corrected chi connectivity index (χ2v) is 12.8. The van der Waals surface area contributed by atoms with Crippen LogP contribution in [0.2, 0.25) is 0 Å². The highest BCUT2D eigenvalue weighted by Gasteiger charge is 2.58. The third kappa shape index (κ3) is 7.84. The zero-order valence-corrected chi connectivity index (χ0v) is 32.0. The van der Waals surface area contributed by atoms with E-state index in [0.717, 1.165) is 0 Å². The molecule has 2 fully saturated rings. The summed E-state index contributed by atoms with van der Waals surface area (Å²) in [5.41, 5.74) is 2.72. The van der Waals surface area contributed by atoms with E-state index in [1.165, 1.54) is 0 Å². The lowest BCUT2D eigenvalue weighted by Crippen LogP contribution is -2.44. The van der Waals surface area contributed by atoms with E-state index >= 15 is 0 Å². The predicted molar refractivity (Wildman–Crippen MR) is 212 cm³/mol. The number of esters is 2. The van der Waals surface area contributed by atoms with E-state index in [1.807, 2.05) is 111 Å². The standard InChI is InChI=1S/2C24H22O4/c2*1-5-17-13-9-11-15-19(17)21-24(7-3,23(25)26-8-4)28-22(27-21)20-16-12-10-14-18(20)6-2/h2*1-2,9-16,21-22H,7-8H2,3-4H3/t2*21-,22-,24-/m00/s1. The monoisotopic (exact) mass is 748 g/mol. The second kappa shape index (κ2) is 18.5. The molecule has 0 aromatic heterocycles. The Hall–Kier alpha value is -6.10. The van der Waals surface area contributed by atoms with Crippen LogP contribution in [0.15, 0.2) is 97.1 Å². The van der Waals surface area contributed by atoms with Crippen molar-refractivity contribution in [2.24, 2.45) is 0 Å². The Balaban J connectivity index is 0.000000214. The molecule has 284 valence electrons. The number of hydrogen-bond acceptors (Lipinski definition) is 8. The summed E-state index contributed by atoms with van der Waals surface area (Å²) in [4.78, 5) is 26.0. The van der Waals surface area contributed by atoms with Gasteiger partial charge in [-0.25, -0.2) is 9.59 Å². The van der Waals surface area contributed by atoms with Gasteiger partial charge in [-0.05, 0) is 51.0 Å². The van der Waals surface area contributed by atoms with E-state index in [9.17, 15) is 9.59 Å². The normalized spacial score (nSPS) is 23.6. The highest BCUT2D eigenvalue weighted by atomic mass is 16.8. The molecule has 56 heavy (non-hydrogen) atoms. The van der Waals surface area contributed by atoms with Crippen LogP contribution in [-0.2, 0) is 38.0 Å². The number of benzene rings is 4. The van der Waals surface area contributed by atoms with Crippen molar-refractivity contribution in [2.45, 2.75) is 76.5 Å². The van der Waals surface area contributed by atoms with Crippen molar-refractivity contribution in [1.29, 1.82) is 0 Å². The van der Waals surface area contributed by atoms with E-state index in [1.54, 1.807) is 13.8 Å². The molecule has 0 aliphatic carbocycles. The van der Waals surface area contributed by atoms with E-state index in [2.05, 4.69) is 23.7 Å². The van der Waals surface area contributed by atoms with Crippen molar-refractivity contribution in [3.05, 3.63) is 142 Å². The van der Waals surface area contributed by atoms with Gasteiger partial charge in [0.2, 0.25) is 0 Å². The Morgan fingerprint density at radius 1 is 0.518 bits per heavy atom. The summed E-state index contributed by atoms with van der Waals surface area (Å²) >= 11 is 0. The van der Waals surface area contributed by atoms with Gasteiger partial charge in [-0.1, -0.05) is 110 Å². The van der Waals surface area contributed by atoms with Crippen LogP contribution in [0.4, 0.5) is 0 Å². The number of hydrogen-bond donors (Lipinski definition) is 0. The van der Waals surface area contributed by atoms with Crippen LogP contribution in [-0.4, -0.2) is 36.4 Å². The maximum Gasteiger partial charge on any atom is 0.341 e. The predicted octanol–water partition coefficient (Wildman–Crippen LogP) is 8.30. The molecule has 4 aromatic rings. The Bertz CT molecular complexity index is 2060. The van der Waals surface area contributed by atoms with Gasteiger partial charge in [0.25, 0.3) is 0 Å². The number of terminal acetylenes is 4. The van der Waals surface area contributed by atoms with Crippen LogP contribution < -0.4 is 0 Å². The molecule has 0 bridgehead atoms. The summed E-state index contributed by atoms with van der Waals surface area (Å²) in [6.07, 6.45) is 20.3. The van der Waals surface area contributed by atoms with Gasteiger partial charge >= 0.3 is 11.9 Å². The van der Waals surface area contributed by atoms with Crippen LogP contribution in [0.5, 0.6) is 0 Å². The van der Waals surface area contributed by atoms with Crippen molar-refractivity contribution >= 4 is 11.9 Å². The van der Waals surface area contributed by atoms with E-state index < -0.39 is 47.9 Å². The number of carbonyl (C=O) groups excluding carboxylic acids is 2. The largest absolute Gasteiger partial charge is 0.464 e. The van der Waals surface area contributed by atoms with Crippen molar-refractivity contribution < 1.29 is 38.0 Å². The summed E-state index contributed by atoms with van der Waals surface area (Å²) < 4.78 is 35.8. The quantitative estimate of drug-likeness (QED) is 0.118. The molecule has 2 aliphatic heterocycles. The Morgan fingerprint density at radius 2 is 0.804 bits per heavy atom. The molecule has 0 radical (unpaired) electrons. The zero-order valence-electron chi connectivity index (χ0n) is 32.0. The minimum absolute atomic E-state index is 0.235. The van der Waals surface area contributed by atoms with Crippen molar-refractivity contribution in [2.75, 3.05) is 13.2 Å². The molecule has 0 amide bonds. The van der Waals surface area contributed by atoms with Crippen molar-refractivity contribution in [3.8, 4) is 49.4 Å². The van der Waals surface area contributed by atoms with Crippen molar-refractivity contribution in [1.82, 2.24) is 0 Å². The minimum atomic E-state index is -1.32. The molecule has 2 heterocycles. The summed E-state index contributed by atoms with van der Waals surface area (Å²) in [7, 11) is 0. The molecule has 6 atom stereocenters. The number of ether oxygens (including phenoxy) is 6. The lowest BCUT2D eigenvalue weighted by Gasteiger charge is -2.29. The Morgan fingerprint density at radius 3 is 1.09 bits per heavy atom. The third-order valence-electron chi connectivity index (χ3n) is 9.83. The lowest BCUT2D eigenvalue weighted by molar-refractivity contribution is -0.174. The van der Waals surface area contributed by atoms with E-state index in [-0.39, 0.29) is 13.2 Å². The molecule has 0 saturated carbocycles. The molecule has 4 aromatic carbocycles. The van der Waals surface area contributed by atoms with Gasteiger partial charge < -0.3 is 28.4 Å². The van der Waals surface area contributed by atoms with Crippen LogP contribution in [0.1, 0.15) is 110 Å². The molecular weight excluding hydrogens is 705 g/mol. The lowest BCUT2D eigenvalue weighted by atomic mass is 9.86. The average molecular weight is 749 g/mol. The number of rotatable bonds is 10. The van der Waals surface area contributed by atoms with Crippen molar-refractivity contribution in [3.63, 3.8) is 0 Å². The molecule has 8 heteroatoms. The number of carbonyl (C=O) groups is 2. The Kier molecular flexibility index (Phi) is 13.6. The fourth-order valence-electron chi connectivity index (χ4n) is 6.98. The summed E-state index contributed by atoms with van der Waals surface area (Å²) in [5.74, 6) is 9.65. The molecule has 8 nitrogen and oxygen atoms in total. The summed E-state index contributed by atoms with van der Waals surface area (Å²) in [5, 5.41) is 0. The third-order valence-corrected chi connectivity index (χ3v) is 9.83. The van der Waals surface area contributed by atoms with Crippen LogP contribution in [0.25, 0.3) is 0 Å². The van der Waals surface area contributed by atoms with Gasteiger partial charge in [0.15, 0.2) is 23.8 Å². The maximum atomic E-state index is 13.0. The SMILES string of the molecule is C#Cc1ccccc1[C@H]1O[C@@H](c2ccccc2C#C)[C@@](CC)(C(=O)OCC)O1.C#Cc1ccccc1[C@H]1O[C@@H](c2ccccc2C#C)[C@@](CC)(C(=O)OCC)O1. The summed E-state index contributed by atoms with van der Waals surface area (Å²) in [6, 6.07) is 29.4. The first kappa shape index (κ1) is 41.1. The molecule has 2 aliphatic rings. The fourth-order valence-corrected chi connectivity index (χ4v) is 6.98. The molecule has 0 unspecified atom stereocenters.